The van der Waals surface area contributed by atoms with Crippen LogP contribution in [0.4, 0.5) is 5.69 Å². The van der Waals surface area contributed by atoms with Gasteiger partial charge in [0, 0.05) is 23.2 Å². The van der Waals surface area contributed by atoms with Gasteiger partial charge in [-0.1, -0.05) is 36.4 Å². The fraction of sp³-hybridized carbons (Fsp3) is 0.316. The van der Waals surface area contributed by atoms with Crippen LogP contribution in [0.3, 0.4) is 0 Å². The maximum atomic E-state index is 12.4. The van der Waals surface area contributed by atoms with Crippen molar-refractivity contribution in [1.82, 2.24) is 0 Å². The summed E-state index contributed by atoms with van der Waals surface area (Å²) in [5.74, 6) is 0.897. The fourth-order valence-electron chi connectivity index (χ4n) is 2.94. The Morgan fingerprint density at radius 1 is 1.09 bits per heavy atom. The molecule has 1 saturated carbocycles. The number of hydrogen-bond acceptors (Lipinski definition) is 3. The predicted octanol–water partition coefficient (Wildman–Crippen LogP) is 3.33. The third-order valence-corrected chi connectivity index (χ3v) is 4.26. The van der Waals surface area contributed by atoms with Crippen LogP contribution >= 0.6 is 0 Å². The SMILES string of the molecule is NC1CCC(C(=O)Nc2ccccc2COc2ccccc2)C1. The predicted molar refractivity (Wildman–Crippen MR) is 91.2 cm³/mol. The van der Waals surface area contributed by atoms with Gasteiger partial charge in [0.2, 0.25) is 5.91 Å². The molecule has 2 aromatic rings. The lowest BCUT2D eigenvalue weighted by Gasteiger charge is -2.15. The molecule has 4 nitrogen and oxygen atoms in total. The summed E-state index contributed by atoms with van der Waals surface area (Å²) in [5, 5.41) is 3.03. The molecular weight excluding hydrogens is 288 g/mol. The van der Waals surface area contributed by atoms with Gasteiger partial charge >= 0.3 is 0 Å². The number of nitrogens with two attached hydrogens (primary N) is 1. The monoisotopic (exact) mass is 310 g/mol. The van der Waals surface area contributed by atoms with Crippen LogP contribution in [0.25, 0.3) is 0 Å². The van der Waals surface area contributed by atoms with E-state index in [0.29, 0.717) is 6.61 Å². The van der Waals surface area contributed by atoms with Crippen molar-refractivity contribution >= 4 is 11.6 Å². The van der Waals surface area contributed by atoms with Crippen LogP contribution in [-0.2, 0) is 11.4 Å². The van der Waals surface area contributed by atoms with Crippen LogP contribution in [0.5, 0.6) is 5.75 Å². The molecule has 0 radical (unpaired) electrons. The first-order chi connectivity index (χ1) is 11.2. The number of hydrogen-bond donors (Lipinski definition) is 2. The van der Waals surface area contributed by atoms with E-state index in [2.05, 4.69) is 5.32 Å². The number of ether oxygens (including phenoxy) is 1. The fourth-order valence-corrected chi connectivity index (χ4v) is 2.94. The third kappa shape index (κ3) is 4.11. The Kier molecular flexibility index (Phi) is 4.93. The topological polar surface area (TPSA) is 64.4 Å². The molecule has 2 atom stereocenters. The minimum atomic E-state index is 0.0214. The van der Waals surface area contributed by atoms with Gasteiger partial charge < -0.3 is 15.8 Å². The summed E-state index contributed by atoms with van der Waals surface area (Å²) in [5.41, 5.74) is 7.68. The van der Waals surface area contributed by atoms with Crippen LogP contribution in [0.2, 0.25) is 0 Å². The molecule has 4 heteroatoms. The zero-order valence-electron chi connectivity index (χ0n) is 13.1. The van der Waals surface area contributed by atoms with E-state index in [9.17, 15) is 4.79 Å². The number of carbonyl (C=O) groups is 1. The van der Waals surface area contributed by atoms with Crippen molar-refractivity contribution in [3.63, 3.8) is 0 Å². The highest BCUT2D eigenvalue weighted by Crippen LogP contribution is 2.26. The molecule has 120 valence electrons. The second-order valence-corrected chi connectivity index (χ2v) is 6.02. The Morgan fingerprint density at radius 2 is 1.83 bits per heavy atom. The first kappa shape index (κ1) is 15.6. The lowest BCUT2D eigenvalue weighted by molar-refractivity contribution is -0.119. The van der Waals surface area contributed by atoms with Gasteiger partial charge in [-0.05, 0) is 37.5 Å². The highest BCUT2D eigenvalue weighted by atomic mass is 16.5. The van der Waals surface area contributed by atoms with E-state index in [1.807, 2.05) is 54.6 Å². The molecule has 23 heavy (non-hydrogen) atoms. The normalized spacial score (nSPS) is 20.2. The molecule has 3 rings (SSSR count). The average Bonchev–Trinajstić information content (AvgIpc) is 3.02. The number of amides is 1. The lowest BCUT2D eigenvalue weighted by atomic mass is 10.1. The van der Waals surface area contributed by atoms with E-state index in [4.69, 9.17) is 10.5 Å². The number of para-hydroxylation sites is 2. The van der Waals surface area contributed by atoms with Gasteiger partial charge in [-0.2, -0.15) is 0 Å². The Bertz CT molecular complexity index is 657. The van der Waals surface area contributed by atoms with E-state index >= 15 is 0 Å². The molecule has 0 aliphatic heterocycles. The summed E-state index contributed by atoms with van der Waals surface area (Å²) in [6.45, 7) is 0.421. The number of anilines is 1. The van der Waals surface area contributed by atoms with Gasteiger partial charge in [0.1, 0.15) is 12.4 Å². The highest BCUT2D eigenvalue weighted by molar-refractivity contribution is 5.93. The van der Waals surface area contributed by atoms with Gasteiger partial charge in [0.25, 0.3) is 0 Å². The van der Waals surface area contributed by atoms with Crippen LogP contribution < -0.4 is 15.8 Å². The highest BCUT2D eigenvalue weighted by Gasteiger charge is 2.28. The standard InChI is InChI=1S/C19H22N2O2/c20-16-11-10-14(12-16)19(22)21-18-9-5-4-6-15(18)13-23-17-7-2-1-3-8-17/h1-9,14,16H,10-13,20H2,(H,21,22). The molecule has 1 amide bonds. The zero-order chi connectivity index (χ0) is 16.1. The third-order valence-electron chi connectivity index (χ3n) is 4.26. The van der Waals surface area contributed by atoms with E-state index in [1.54, 1.807) is 0 Å². The first-order valence-electron chi connectivity index (χ1n) is 8.04. The van der Waals surface area contributed by atoms with Crippen LogP contribution in [0.15, 0.2) is 54.6 Å². The van der Waals surface area contributed by atoms with Gasteiger partial charge in [-0.3, -0.25) is 4.79 Å². The molecule has 1 aliphatic carbocycles. The minimum absolute atomic E-state index is 0.0214. The Hall–Kier alpha value is -2.33. The molecule has 1 aliphatic rings. The molecule has 0 aromatic heterocycles. The molecule has 1 fully saturated rings. The van der Waals surface area contributed by atoms with Crippen LogP contribution in [0.1, 0.15) is 24.8 Å². The maximum absolute atomic E-state index is 12.4. The average molecular weight is 310 g/mol. The maximum Gasteiger partial charge on any atom is 0.227 e. The molecule has 0 bridgehead atoms. The van der Waals surface area contributed by atoms with Crippen molar-refractivity contribution in [2.24, 2.45) is 11.7 Å². The summed E-state index contributed by atoms with van der Waals surface area (Å²) >= 11 is 0. The number of rotatable bonds is 5. The molecule has 0 saturated heterocycles. The number of carbonyl (C=O) groups excluding carboxylic acids is 1. The van der Waals surface area contributed by atoms with E-state index in [0.717, 1.165) is 36.3 Å². The van der Waals surface area contributed by atoms with Gasteiger partial charge in [0.05, 0.1) is 0 Å². The van der Waals surface area contributed by atoms with Crippen molar-refractivity contribution < 1.29 is 9.53 Å². The lowest BCUT2D eigenvalue weighted by Crippen LogP contribution is -2.23. The Labute approximate surface area is 136 Å². The van der Waals surface area contributed by atoms with Crippen molar-refractivity contribution in [3.05, 3.63) is 60.2 Å². The van der Waals surface area contributed by atoms with Crippen molar-refractivity contribution in [2.45, 2.75) is 31.9 Å². The van der Waals surface area contributed by atoms with Gasteiger partial charge in [-0.25, -0.2) is 0 Å². The van der Waals surface area contributed by atoms with Crippen LogP contribution in [-0.4, -0.2) is 11.9 Å². The van der Waals surface area contributed by atoms with E-state index in [-0.39, 0.29) is 17.9 Å². The second kappa shape index (κ2) is 7.29. The van der Waals surface area contributed by atoms with Gasteiger partial charge in [0.15, 0.2) is 0 Å². The van der Waals surface area contributed by atoms with Crippen molar-refractivity contribution in [1.29, 1.82) is 0 Å². The molecular formula is C19H22N2O2. The van der Waals surface area contributed by atoms with Crippen LogP contribution in [0, 0.1) is 5.92 Å². The first-order valence-corrected chi connectivity index (χ1v) is 8.04. The quantitative estimate of drug-likeness (QED) is 0.890. The molecule has 0 spiro atoms. The minimum Gasteiger partial charge on any atom is -0.489 e. The summed E-state index contributed by atoms with van der Waals surface area (Å²) < 4.78 is 5.79. The smallest absolute Gasteiger partial charge is 0.227 e. The number of nitrogens with one attached hydrogen (secondary N) is 1. The Balaban J connectivity index is 1.64. The van der Waals surface area contributed by atoms with Crippen molar-refractivity contribution in [2.75, 3.05) is 5.32 Å². The largest absolute Gasteiger partial charge is 0.489 e. The molecule has 0 heterocycles. The molecule has 3 N–H and O–H groups in total. The van der Waals surface area contributed by atoms with Crippen molar-refractivity contribution in [3.8, 4) is 5.75 Å². The summed E-state index contributed by atoms with van der Waals surface area (Å²) in [4.78, 5) is 12.4. The number of benzene rings is 2. The van der Waals surface area contributed by atoms with E-state index in [1.165, 1.54) is 0 Å². The zero-order valence-corrected chi connectivity index (χ0v) is 13.1. The summed E-state index contributed by atoms with van der Waals surface area (Å²) in [6.07, 6.45) is 2.57. The van der Waals surface area contributed by atoms with Gasteiger partial charge in [-0.15, -0.1) is 0 Å². The molecule has 2 unspecified atom stereocenters. The van der Waals surface area contributed by atoms with E-state index < -0.39 is 0 Å². The second-order valence-electron chi connectivity index (χ2n) is 6.02. The Morgan fingerprint density at radius 3 is 2.57 bits per heavy atom. The molecule has 2 aromatic carbocycles. The summed E-state index contributed by atoms with van der Waals surface area (Å²) in [7, 11) is 0. The summed E-state index contributed by atoms with van der Waals surface area (Å²) in [6, 6.07) is 17.6.